The van der Waals surface area contributed by atoms with Crippen molar-refractivity contribution in [2.24, 2.45) is 0 Å². The van der Waals surface area contributed by atoms with E-state index < -0.39 is 0 Å². The van der Waals surface area contributed by atoms with Gasteiger partial charge in [-0.1, -0.05) is 6.08 Å². The van der Waals surface area contributed by atoms with Crippen molar-refractivity contribution in [1.82, 2.24) is 0 Å². The highest BCUT2D eigenvalue weighted by Crippen LogP contribution is 2.21. The molecule has 0 aliphatic carbocycles. The maximum Gasteiger partial charge on any atom is 0.0810 e. The number of aliphatic hydroxyl groups is 1. The van der Waals surface area contributed by atoms with E-state index in [1.807, 2.05) is 6.08 Å². The summed E-state index contributed by atoms with van der Waals surface area (Å²) in [7, 11) is 0. The molecule has 1 fully saturated rings. The first-order valence-electron chi connectivity index (χ1n) is 3.74. The van der Waals surface area contributed by atoms with Crippen LogP contribution in [0.1, 0.15) is 19.3 Å². The average Bonchev–Trinajstić information content (AvgIpc) is 2.37. The molecule has 0 aromatic heterocycles. The molecule has 10 heavy (non-hydrogen) atoms. The summed E-state index contributed by atoms with van der Waals surface area (Å²) in [4.78, 5) is 0. The molecule has 1 saturated heterocycles. The lowest BCUT2D eigenvalue weighted by Gasteiger charge is -2.08. The maximum absolute atomic E-state index is 8.70. The van der Waals surface area contributed by atoms with Crippen LogP contribution in [0.4, 0.5) is 0 Å². The molecule has 0 aromatic rings. The van der Waals surface area contributed by atoms with Gasteiger partial charge in [0.15, 0.2) is 0 Å². The molecule has 1 rings (SSSR count). The fourth-order valence-corrected chi connectivity index (χ4v) is 1.27. The Hall–Kier alpha value is -0.340. The Morgan fingerprint density at radius 2 is 2.20 bits per heavy atom. The minimum absolute atomic E-state index is 0.0879. The molecule has 0 unspecified atom stereocenters. The fraction of sp³-hybridized carbons (Fsp3) is 0.750. The monoisotopic (exact) mass is 142 g/mol. The van der Waals surface area contributed by atoms with E-state index in [0.29, 0.717) is 6.10 Å². The van der Waals surface area contributed by atoms with Crippen LogP contribution in [0.3, 0.4) is 0 Å². The van der Waals surface area contributed by atoms with E-state index in [1.54, 1.807) is 0 Å². The number of ether oxygens (including phenoxy) is 1. The lowest BCUT2D eigenvalue weighted by atomic mass is 10.1. The predicted molar refractivity (Wildman–Crippen MR) is 39.8 cm³/mol. The van der Waals surface area contributed by atoms with Crippen LogP contribution in [0, 0.1) is 0 Å². The highest BCUT2D eigenvalue weighted by Gasteiger charge is 2.22. The van der Waals surface area contributed by atoms with Crippen molar-refractivity contribution in [1.29, 1.82) is 0 Å². The van der Waals surface area contributed by atoms with E-state index in [4.69, 9.17) is 9.84 Å². The molecular formula is C8H14O2. The fourth-order valence-electron chi connectivity index (χ4n) is 1.27. The van der Waals surface area contributed by atoms with Crippen molar-refractivity contribution in [3.8, 4) is 0 Å². The van der Waals surface area contributed by atoms with Crippen molar-refractivity contribution in [2.45, 2.75) is 31.5 Å². The van der Waals surface area contributed by atoms with Crippen LogP contribution in [-0.4, -0.2) is 23.9 Å². The third kappa shape index (κ3) is 1.82. The molecular weight excluding hydrogens is 128 g/mol. The molecule has 0 bridgehead atoms. The minimum atomic E-state index is 0.0879. The van der Waals surface area contributed by atoms with Crippen molar-refractivity contribution in [3.05, 3.63) is 12.7 Å². The second-order valence-corrected chi connectivity index (χ2v) is 2.66. The van der Waals surface area contributed by atoms with Gasteiger partial charge in [0, 0.05) is 0 Å². The lowest BCUT2D eigenvalue weighted by molar-refractivity contribution is 0.0134. The van der Waals surface area contributed by atoms with Crippen LogP contribution < -0.4 is 0 Å². The van der Waals surface area contributed by atoms with Gasteiger partial charge in [0.25, 0.3) is 0 Å². The molecule has 1 aliphatic heterocycles. The van der Waals surface area contributed by atoms with Gasteiger partial charge in [-0.25, -0.2) is 0 Å². The van der Waals surface area contributed by atoms with Gasteiger partial charge >= 0.3 is 0 Å². The third-order valence-corrected chi connectivity index (χ3v) is 1.83. The summed E-state index contributed by atoms with van der Waals surface area (Å²) in [5, 5.41) is 8.70. The highest BCUT2D eigenvalue weighted by atomic mass is 16.5. The summed E-state index contributed by atoms with van der Waals surface area (Å²) in [5.41, 5.74) is 0. The van der Waals surface area contributed by atoms with Crippen molar-refractivity contribution < 1.29 is 9.84 Å². The minimum Gasteiger partial charge on any atom is -0.394 e. The van der Waals surface area contributed by atoms with E-state index in [2.05, 4.69) is 6.58 Å². The second kappa shape index (κ2) is 3.74. The number of hydrogen-bond donors (Lipinski definition) is 1. The van der Waals surface area contributed by atoms with Crippen LogP contribution >= 0.6 is 0 Å². The Morgan fingerprint density at radius 3 is 2.70 bits per heavy atom. The van der Waals surface area contributed by atoms with Crippen LogP contribution in [0.5, 0.6) is 0 Å². The molecule has 2 atom stereocenters. The summed E-state index contributed by atoms with van der Waals surface area (Å²) in [6, 6.07) is 0. The SMILES string of the molecule is C=CC[C@@H]1CC[C@@H](CO)O1. The first-order chi connectivity index (χ1) is 4.86. The van der Waals surface area contributed by atoms with Gasteiger partial charge in [-0.3, -0.25) is 0 Å². The van der Waals surface area contributed by atoms with Gasteiger partial charge in [-0.2, -0.15) is 0 Å². The summed E-state index contributed by atoms with van der Waals surface area (Å²) in [5.74, 6) is 0. The van der Waals surface area contributed by atoms with Crippen LogP contribution in [-0.2, 0) is 4.74 Å². The topological polar surface area (TPSA) is 29.5 Å². The van der Waals surface area contributed by atoms with Gasteiger partial charge in [-0.15, -0.1) is 6.58 Å². The van der Waals surface area contributed by atoms with E-state index in [9.17, 15) is 0 Å². The standard InChI is InChI=1S/C8H14O2/c1-2-3-7-4-5-8(6-9)10-7/h2,7-9H,1,3-6H2/t7-,8+/m1/s1. The molecule has 1 aliphatic rings. The van der Waals surface area contributed by atoms with Gasteiger partial charge in [-0.05, 0) is 19.3 Å². The summed E-state index contributed by atoms with van der Waals surface area (Å²) in [6.07, 6.45) is 5.24. The summed E-state index contributed by atoms with van der Waals surface area (Å²) < 4.78 is 5.43. The summed E-state index contributed by atoms with van der Waals surface area (Å²) >= 11 is 0. The lowest BCUT2D eigenvalue weighted by Crippen LogP contribution is -2.13. The second-order valence-electron chi connectivity index (χ2n) is 2.66. The van der Waals surface area contributed by atoms with Crippen molar-refractivity contribution >= 4 is 0 Å². The Kier molecular flexibility index (Phi) is 2.90. The maximum atomic E-state index is 8.70. The van der Waals surface area contributed by atoms with E-state index in [0.717, 1.165) is 19.3 Å². The van der Waals surface area contributed by atoms with Gasteiger partial charge in [0.2, 0.25) is 0 Å². The number of aliphatic hydroxyl groups excluding tert-OH is 1. The molecule has 2 nitrogen and oxygen atoms in total. The average molecular weight is 142 g/mol. The van der Waals surface area contributed by atoms with Crippen LogP contribution in [0.2, 0.25) is 0 Å². The molecule has 1 N–H and O–H groups in total. The highest BCUT2D eigenvalue weighted by molar-refractivity contribution is 4.79. The van der Waals surface area contributed by atoms with Gasteiger partial charge in [0.1, 0.15) is 0 Å². The van der Waals surface area contributed by atoms with Gasteiger partial charge in [0.05, 0.1) is 18.8 Å². The number of hydrogen-bond acceptors (Lipinski definition) is 2. The normalized spacial score (nSPS) is 32.5. The Labute approximate surface area is 61.5 Å². The molecule has 2 heteroatoms. The molecule has 0 aromatic carbocycles. The third-order valence-electron chi connectivity index (χ3n) is 1.83. The first kappa shape index (κ1) is 7.76. The zero-order chi connectivity index (χ0) is 7.40. The smallest absolute Gasteiger partial charge is 0.0810 e. The molecule has 58 valence electrons. The van der Waals surface area contributed by atoms with Crippen molar-refractivity contribution in [2.75, 3.05) is 6.61 Å². The molecule has 0 spiro atoms. The zero-order valence-electron chi connectivity index (χ0n) is 6.12. The van der Waals surface area contributed by atoms with Crippen LogP contribution in [0.15, 0.2) is 12.7 Å². The quantitative estimate of drug-likeness (QED) is 0.598. The molecule has 0 radical (unpaired) electrons. The van der Waals surface area contributed by atoms with Crippen LogP contribution in [0.25, 0.3) is 0 Å². The first-order valence-corrected chi connectivity index (χ1v) is 3.74. The van der Waals surface area contributed by atoms with E-state index in [-0.39, 0.29) is 12.7 Å². The Bertz CT molecular complexity index is 112. The van der Waals surface area contributed by atoms with Gasteiger partial charge < -0.3 is 9.84 Å². The van der Waals surface area contributed by atoms with E-state index >= 15 is 0 Å². The van der Waals surface area contributed by atoms with E-state index in [1.165, 1.54) is 0 Å². The Balaban J connectivity index is 2.21. The zero-order valence-corrected chi connectivity index (χ0v) is 6.12. The predicted octanol–water partition coefficient (Wildman–Crippen LogP) is 1.10. The van der Waals surface area contributed by atoms with Crippen molar-refractivity contribution in [3.63, 3.8) is 0 Å². The molecule has 1 heterocycles. The largest absolute Gasteiger partial charge is 0.394 e. The summed E-state index contributed by atoms with van der Waals surface area (Å²) in [6.45, 7) is 3.79. The Morgan fingerprint density at radius 1 is 1.50 bits per heavy atom. The molecule has 0 amide bonds. The number of rotatable bonds is 3. The molecule has 0 saturated carbocycles.